The number of nitrogens with one attached hydrogen (secondary N) is 5. The van der Waals surface area contributed by atoms with Gasteiger partial charge in [0.05, 0.1) is 50.1 Å². The number of nitrogens with zero attached hydrogens (tertiary/aromatic N) is 3. The van der Waals surface area contributed by atoms with Crippen molar-refractivity contribution in [3.8, 4) is 33.6 Å². The summed E-state index contributed by atoms with van der Waals surface area (Å²) in [4.78, 5) is 65.9. The normalized spacial score (nSPS) is 16.0. The maximum Gasteiger partial charge on any atom is 0.407 e. The number of methoxy groups -OCH3 is 2. The van der Waals surface area contributed by atoms with Crippen LogP contribution < -0.4 is 16.0 Å². The number of imidazole rings is 2. The summed E-state index contributed by atoms with van der Waals surface area (Å²) in [7, 11) is 2.50. The Bertz CT molecular complexity index is 1750. The van der Waals surface area contributed by atoms with Crippen LogP contribution in [0.2, 0.25) is 0 Å². The van der Waals surface area contributed by atoms with Gasteiger partial charge in [-0.15, -0.1) is 0 Å². The molecule has 48 heavy (non-hydrogen) atoms. The van der Waals surface area contributed by atoms with E-state index in [-0.39, 0.29) is 17.9 Å². The summed E-state index contributed by atoms with van der Waals surface area (Å²) < 4.78 is 9.17. The van der Waals surface area contributed by atoms with Gasteiger partial charge in [0.2, 0.25) is 11.8 Å². The molecule has 4 amide bonds. The third kappa shape index (κ3) is 7.65. The number of hydrogen-bond acceptors (Lipinski definition) is 8. The third-order valence-corrected chi connectivity index (χ3v) is 8.34. The molecule has 252 valence electrons. The molecular weight excluding hydrogens is 616 g/mol. The van der Waals surface area contributed by atoms with Crippen LogP contribution in [0.5, 0.6) is 0 Å². The Labute approximate surface area is 278 Å². The van der Waals surface area contributed by atoms with E-state index in [0.717, 1.165) is 46.5 Å². The van der Waals surface area contributed by atoms with Crippen LogP contribution in [0, 0.1) is 0 Å². The lowest BCUT2D eigenvalue weighted by Gasteiger charge is -2.26. The second-order valence-electron chi connectivity index (χ2n) is 11.7. The van der Waals surface area contributed by atoms with Gasteiger partial charge < -0.3 is 40.3 Å². The molecule has 5 N–H and O–H groups in total. The fraction of sp³-hybridized carbons (Fsp3) is 0.353. The fourth-order valence-electron chi connectivity index (χ4n) is 5.61. The third-order valence-electron chi connectivity index (χ3n) is 8.34. The number of H-pyrrole nitrogens is 2. The molecule has 2 aromatic carbocycles. The maximum absolute atomic E-state index is 13.0. The van der Waals surface area contributed by atoms with Gasteiger partial charge in [0.1, 0.15) is 23.7 Å². The molecule has 0 bridgehead atoms. The van der Waals surface area contributed by atoms with Gasteiger partial charge in [0.15, 0.2) is 0 Å². The average Bonchev–Trinajstić information content (AvgIpc) is 3.89. The van der Waals surface area contributed by atoms with Crippen molar-refractivity contribution in [2.75, 3.05) is 20.8 Å². The molecule has 14 heteroatoms. The molecule has 0 radical (unpaired) electrons. The molecule has 1 fully saturated rings. The summed E-state index contributed by atoms with van der Waals surface area (Å²) in [6.07, 6.45) is 3.81. The number of likely N-dealkylation sites (tertiary alicyclic amines) is 1. The highest BCUT2D eigenvalue weighted by Gasteiger charge is 2.34. The van der Waals surface area contributed by atoms with E-state index in [1.807, 2.05) is 48.5 Å². The Balaban J connectivity index is 1.20. The summed E-state index contributed by atoms with van der Waals surface area (Å²) in [5, 5.41) is 7.81. The monoisotopic (exact) mass is 656 g/mol. The van der Waals surface area contributed by atoms with Gasteiger partial charge in [-0.3, -0.25) is 9.59 Å². The smallest absolute Gasteiger partial charge is 0.407 e. The number of carbonyl (C=O) groups excluding carboxylic acids is 4. The second-order valence-corrected chi connectivity index (χ2v) is 11.7. The molecule has 3 heterocycles. The fourth-order valence-corrected chi connectivity index (χ4v) is 5.61. The van der Waals surface area contributed by atoms with Crippen LogP contribution in [0.4, 0.5) is 9.59 Å². The Morgan fingerprint density at radius 2 is 1.27 bits per heavy atom. The molecule has 1 aliphatic rings. The standard InChI is InChI=1S/C34H40N8O6/c1-19(37-31(43)20(2)38-33(45)47-4)29-35-17-26(40-29)24-12-8-22(9-13-24)23-10-14-25(15-11-23)27-18-36-30(41-27)28-7-6-16-42(28)32(44)21(3)39-34(46)48-5/h8-15,17-21,28H,6-7,16H2,1-5H3,(H,35,40)(H,36,41)(H,37,43)(H,38,45)(H,39,46)/t19-,20+,21+,28+/m1/s1. The number of benzene rings is 2. The van der Waals surface area contributed by atoms with Gasteiger partial charge in [-0.1, -0.05) is 48.5 Å². The summed E-state index contributed by atoms with van der Waals surface area (Å²) >= 11 is 0. The predicted octanol–water partition coefficient (Wildman–Crippen LogP) is 4.46. The van der Waals surface area contributed by atoms with Crippen LogP contribution in [0.15, 0.2) is 60.9 Å². The number of aromatic amines is 2. The highest BCUT2D eigenvalue weighted by molar-refractivity contribution is 5.86. The van der Waals surface area contributed by atoms with Gasteiger partial charge in [-0.25, -0.2) is 19.6 Å². The largest absolute Gasteiger partial charge is 0.453 e. The quantitative estimate of drug-likeness (QED) is 0.166. The summed E-state index contributed by atoms with van der Waals surface area (Å²) in [5.74, 6) is 0.763. The minimum Gasteiger partial charge on any atom is -0.453 e. The lowest BCUT2D eigenvalue weighted by molar-refractivity contribution is -0.134. The Kier molecular flexibility index (Phi) is 10.4. The van der Waals surface area contributed by atoms with Crippen molar-refractivity contribution in [1.29, 1.82) is 0 Å². The number of alkyl carbamates (subject to hydrolysis) is 2. The van der Waals surface area contributed by atoms with Gasteiger partial charge in [-0.05, 0) is 55.9 Å². The molecule has 0 spiro atoms. The van der Waals surface area contributed by atoms with Crippen molar-refractivity contribution in [3.05, 3.63) is 72.6 Å². The van der Waals surface area contributed by atoms with Crippen molar-refractivity contribution < 1.29 is 28.7 Å². The molecule has 0 aliphatic carbocycles. The Morgan fingerprint density at radius 3 is 1.85 bits per heavy atom. The van der Waals surface area contributed by atoms with Crippen molar-refractivity contribution in [2.45, 2.75) is 57.8 Å². The Morgan fingerprint density at radius 1 is 0.750 bits per heavy atom. The molecule has 0 saturated carbocycles. The molecule has 1 aliphatic heterocycles. The number of amides is 4. The molecule has 14 nitrogen and oxygen atoms in total. The first-order valence-electron chi connectivity index (χ1n) is 15.7. The van der Waals surface area contributed by atoms with Crippen LogP contribution >= 0.6 is 0 Å². The van der Waals surface area contributed by atoms with Crippen molar-refractivity contribution in [1.82, 2.24) is 40.8 Å². The predicted molar refractivity (Wildman–Crippen MR) is 177 cm³/mol. The topological polar surface area (TPSA) is 183 Å². The van der Waals surface area contributed by atoms with Crippen LogP contribution in [0.3, 0.4) is 0 Å². The van der Waals surface area contributed by atoms with Crippen molar-refractivity contribution in [3.63, 3.8) is 0 Å². The summed E-state index contributed by atoms with van der Waals surface area (Å²) in [6.45, 7) is 5.62. The van der Waals surface area contributed by atoms with Crippen LogP contribution in [-0.2, 0) is 19.1 Å². The highest BCUT2D eigenvalue weighted by atomic mass is 16.5. The SMILES string of the molecule is COC(=O)N[C@@H](C)C(=O)N[C@H](C)c1ncc(-c2ccc(-c3ccc(-c4cnc([C@@H]5CCCN5C(=O)[C@H](C)NC(=O)OC)[nH]4)cc3)cc2)[nH]1. The second kappa shape index (κ2) is 14.8. The molecule has 4 atom stereocenters. The number of hydrogen-bond donors (Lipinski definition) is 5. The highest BCUT2D eigenvalue weighted by Crippen LogP contribution is 2.33. The minimum absolute atomic E-state index is 0.177. The Hall–Kier alpha value is -5.66. The van der Waals surface area contributed by atoms with Gasteiger partial charge in [0.25, 0.3) is 0 Å². The van der Waals surface area contributed by atoms with E-state index in [4.69, 9.17) is 0 Å². The van der Waals surface area contributed by atoms with Crippen LogP contribution in [0.1, 0.15) is 57.3 Å². The van der Waals surface area contributed by atoms with Gasteiger partial charge >= 0.3 is 12.2 Å². The molecule has 0 unspecified atom stereocenters. The first-order valence-corrected chi connectivity index (χ1v) is 15.7. The summed E-state index contributed by atoms with van der Waals surface area (Å²) in [5.41, 5.74) is 5.64. The lowest BCUT2D eigenvalue weighted by Crippen LogP contribution is -2.46. The molecule has 5 rings (SSSR count). The van der Waals surface area contributed by atoms with Gasteiger partial charge in [-0.2, -0.15) is 0 Å². The van der Waals surface area contributed by atoms with E-state index in [1.165, 1.54) is 14.2 Å². The van der Waals surface area contributed by atoms with Crippen molar-refractivity contribution >= 4 is 24.0 Å². The first-order chi connectivity index (χ1) is 23.1. The number of aromatic nitrogens is 4. The van der Waals surface area contributed by atoms with E-state index in [9.17, 15) is 19.2 Å². The minimum atomic E-state index is -0.763. The van der Waals surface area contributed by atoms with Gasteiger partial charge in [0, 0.05) is 6.54 Å². The lowest BCUT2D eigenvalue weighted by atomic mass is 10.0. The first kappa shape index (κ1) is 33.7. The van der Waals surface area contributed by atoms with E-state index in [0.29, 0.717) is 18.2 Å². The molecule has 1 saturated heterocycles. The molecular formula is C34H40N8O6. The zero-order chi connectivity index (χ0) is 34.4. The molecule has 4 aromatic rings. The van der Waals surface area contributed by atoms with E-state index < -0.39 is 30.3 Å². The van der Waals surface area contributed by atoms with Crippen molar-refractivity contribution in [2.24, 2.45) is 0 Å². The van der Waals surface area contributed by atoms with Crippen LogP contribution in [-0.4, -0.2) is 81.7 Å². The maximum atomic E-state index is 13.0. The zero-order valence-electron chi connectivity index (χ0n) is 27.5. The average molecular weight is 657 g/mol. The number of ether oxygens (including phenoxy) is 2. The van der Waals surface area contributed by atoms with E-state index in [1.54, 1.807) is 38.1 Å². The number of carbonyl (C=O) groups is 4. The van der Waals surface area contributed by atoms with Crippen LogP contribution in [0.25, 0.3) is 33.6 Å². The van der Waals surface area contributed by atoms with E-state index in [2.05, 4.69) is 45.4 Å². The van der Waals surface area contributed by atoms with E-state index >= 15 is 0 Å². The summed E-state index contributed by atoms with van der Waals surface area (Å²) in [6, 6.07) is 14.1. The number of rotatable bonds is 10. The molecule has 2 aromatic heterocycles. The zero-order valence-corrected chi connectivity index (χ0v) is 27.5.